The number of aromatic nitrogens is 2. The first-order chi connectivity index (χ1) is 5.86. The van der Waals surface area contributed by atoms with E-state index in [1.54, 1.807) is 6.20 Å². The third-order valence-electron chi connectivity index (χ3n) is 2.34. The van der Waals surface area contributed by atoms with Crippen molar-refractivity contribution in [2.75, 3.05) is 0 Å². The summed E-state index contributed by atoms with van der Waals surface area (Å²) in [6.07, 6.45) is 6.92. The van der Waals surface area contributed by atoms with Crippen LogP contribution in [0, 0.1) is 5.92 Å². The van der Waals surface area contributed by atoms with E-state index >= 15 is 0 Å². The molecule has 1 atom stereocenters. The molecule has 1 aliphatic rings. The zero-order chi connectivity index (χ0) is 8.39. The van der Waals surface area contributed by atoms with E-state index in [0.717, 1.165) is 18.0 Å². The minimum Gasteiger partial charge on any atom is -0.323 e. The SMILES string of the molecule is NC(CCC1CC1)c1cnsn1. The number of nitrogens with two attached hydrogens (primary N) is 1. The van der Waals surface area contributed by atoms with Crippen LogP contribution in [0.3, 0.4) is 0 Å². The maximum Gasteiger partial charge on any atom is 0.0910 e. The quantitative estimate of drug-likeness (QED) is 0.773. The van der Waals surface area contributed by atoms with Crippen LogP contribution in [0.1, 0.15) is 37.4 Å². The van der Waals surface area contributed by atoms with Crippen molar-refractivity contribution in [3.8, 4) is 0 Å². The van der Waals surface area contributed by atoms with Gasteiger partial charge in [0.15, 0.2) is 0 Å². The zero-order valence-electron chi connectivity index (χ0n) is 6.94. The number of hydrogen-bond acceptors (Lipinski definition) is 4. The standard InChI is InChI=1S/C8H13N3S/c9-7(4-3-6-1-2-6)8-5-10-12-11-8/h5-7H,1-4,9H2. The van der Waals surface area contributed by atoms with Gasteiger partial charge in [0.25, 0.3) is 0 Å². The maximum absolute atomic E-state index is 5.92. The second-order valence-corrected chi connectivity index (χ2v) is 4.02. The molecule has 0 spiro atoms. The van der Waals surface area contributed by atoms with Crippen molar-refractivity contribution in [1.29, 1.82) is 0 Å². The van der Waals surface area contributed by atoms with E-state index < -0.39 is 0 Å². The summed E-state index contributed by atoms with van der Waals surface area (Å²) < 4.78 is 8.06. The molecule has 3 nitrogen and oxygen atoms in total. The Hall–Kier alpha value is -0.480. The van der Waals surface area contributed by atoms with E-state index in [1.807, 2.05) is 0 Å². The predicted octanol–water partition coefficient (Wildman–Crippen LogP) is 1.73. The first-order valence-corrected chi connectivity index (χ1v) is 5.12. The third kappa shape index (κ3) is 2.01. The van der Waals surface area contributed by atoms with Crippen LogP contribution in [0.5, 0.6) is 0 Å². The lowest BCUT2D eigenvalue weighted by Crippen LogP contribution is -2.10. The van der Waals surface area contributed by atoms with Crippen molar-refractivity contribution in [2.45, 2.75) is 31.7 Å². The molecule has 1 unspecified atom stereocenters. The second kappa shape index (κ2) is 3.49. The van der Waals surface area contributed by atoms with Crippen molar-refractivity contribution in [3.63, 3.8) is 0 Å². The molecule has 0 aliphatic heterocycles. The number of nitrogens with zero attached hydrogens (tertiary/aromatic N) is 2. The van der Waals surface area contributed by atoms with Gasteiger partial charge in [-0.05, 0) is 18.8 Å². The van der Waals surface area contributed by atoms with Gasteiger partial charge in [0.1, 0.15) is 0 Å². The van der Waals surface area contributed by atoms with Crippen molar-refractivity contribution in [3.05, 3.63) is 11.9 Å². The minimum atomic E-state index is 0.115. The highest BCUT2D eigenvalue weighted by molar-refractivity contribution is 6.99. The van der Waals surface area contributed by atoms with Crippen LogP contribution in [0.25, 0.3) is 0 Å². The monoisotopic (exact) mass is 183 g/mol. The van der Waals surface area contributed by atoms with Gasteiger partial charge in [-0.25, -0.2) is 0 Å². The van der Waals surface area contributed by atoms with E-state index in [4.69, 9.17) is 5.73 Å². The normalized spacial score (nSPS) is 19.4. The van der Waals surface area contributed by atoms with Crippen molar-refractivity contribution >= 4 is 11.7 Å². The Labute approximate surface area is 76.3 Å². The van der Waals surface area contributed by atoms with Gasteiger partial charge in [-0.3, -0.25) is 0 Å². The average Bonchev–Trinajstić information content (AvgIpc) is 2.74. The lowest BCUT2D eigenvalue weighted by atomic mass is 10.1. The molecule has 66 valence electrons. The van der Waals surface area contributed by atoms with Crippen molar-refractivity contribution in [1.82, 2.24) is 8.75 Å². The van der Waals surface area contributed by atoms with Crippen LogP contribution >= 0.6 is 11.7 Å². The molecule has 0 aromatic carbocycles. The van der Waals surface area contributed by atoms with Gasteiger partial charge in [0.05, 0.1) is 23.6 Å². The second-order valence-electron chi connectivity index (χ2n) is 3.46. The molecule has 1 aromatic heterocycles. The average molecular weight is 183 g/mol. The number of rotatable bonds is 4. The van der Waals surface area contributed by atoms with Crippen LogP contribution in [0.2, 0.25) is 0 Å². The fourth-order valence-corrected chi connectivity index (χ4v) is 1.78. The Morgan fingerprint density at radius 1 is 1.67 bits per heavy atom. The third-order valence-corrected chi connectivity index (χ3v) is 2.83. The topological polar surface area (TPSA) is 51.8 Å². The van der Waals surface area contributed by atoms with Gasteiger partial charge in [-0.2, -0.15) is 8.75 Å². The largest absolute Gasteiger partial charge is 0.323 e. The maximum atomic E-state index is 5.92. The van der Waals surface area contributed by atoms with Crippen LogP contribution in [-0.2, 0) is 0 Å². The van der Waals surface area contributed by atoms with Crippen LogP contribution in [0.4, 0.5) is 0 Å². The first-order valence-electron chi connectivity index (χ1n) is 4.39. The summed E-state index contributed by atoms with van der Waals surface area (Å²) in [4.78, 5) is 0. The van der Waals surface area contributed by atoms with E-state index in [9.17, 15) is 0 Å². The smallest absolute Gasteiger partial charge is 0.0910 e. The Kier molecular flexibility index (Phi) is 2.37. The molecule has 1 fully saturated rings. The molecular weight excluding hydrogens is 170 g/mol. The molecule has 2 rings (SSSR count). The highest BCUT2D eigenvalue weighted by Crippen LogP contribution is 2.35. The molecule has 12 heavy (non-hydrogen) atoms. The predicted molar refractivity (Wildman–Crippen MR) is 48.8 cm³/mol. The molecule has 4 heteroatoms. The Morgan fingerprint density at radius 3 is 3.08 bits per heavy atom. The van der Waals surface area contributed by atoms with Gasteiger partial charge in [-0.15, -0.1) is 0 Å². The van der Waals surface area contributed by atoms with Crippen molar-refractivity contribution in [2.24, 2.45) is 11.7 Å². The minimum absolute atomic E-state index is 0.115. The van der Waals surface area contributed by atoms with E-state index in [0.29, 0.717) is 0 Å². The van der Waals surface area contributed by atoms with Crippen LogP contribution in [0.15, 0.2) is 6.20 Å². The molecule has 0 amide bonds. The molecule has 0 radical (unpaired) electrons. The lowest BCUT2D eigenvalue weighted by molar-refractivity contribution is 0.568. The zero-order valence-corrected chi connectivity index (χ0v) is 7.76. The van der Waals surface area contributed by atoms with Crippen LogP contribution < -0.4 is 5.73 Å². The van der Waals surface area contributed by atoms with Gasteiger partial charge < -0.3 is 5.73 Å². The highest BCUT2D eigenvalue weighted by Gasteiger charge is 2.22. The van der Waals surface area contributed by atoms with Gasteiger partial charge >= 0.3 is 0 Å². The van der Waals surface area contributed by atoms with Gasteiger partial charge in [0.2, 0.25) is 0 Å². The fraction of sp³-hybridized carbons (Fsp3) is 0.750. The van der Waals surface area contributed by atoms with E-state index in [2.05, 4.69) is 8.75 Å². The summed E-state index contributed by atoms with van der Waals surface area (Å²) in [6, 6.07) is 0.115. The van der Waals surface area contributed by atoms with Crippen LogP contribution in [-0.4, -0.2) is 8.75 Å². The molecule has 0 saturated heterocycles. The molecule has 1 heterocycles. The molecule has 1 saturated carbocycles. The summed E-state index contributed by atoms with van der Waals surface area (Å²) >= 11 is 1.24. The molecular formula is C8H13N3S. The highest BCUT2D eigenvalue weighted by atomic mass is 32.1. The molecule has 2 N–H and O–H groups in total. The Morgan fingerprint density at radius 2 is 2.50 bits per heavy atom. The molecule has 0 bridgehead atoms. The summed E-state index contributed by atoms with van der Waals surface area (Å²) in [5.74, 6) is 0.961. The van der Waals surface area contributed by atoms with Crippen molar-refractivity contribution < 1.29 is 0 Å². The first kappa shape index (κ1) is 8.13. The van der Waals surface area contributed by atoms with E-state index in [1.165, 1.54) is 31.0 Å². The summed E-state index contributed by atoms with van der Waals surface area (Å²) in [5.41, 5.74) is 6.88. The molecule has 1 aliphatic carbocycles. The number of hydrogen-bond donors (Lipinski definition) is 1. The fourth-order valence-electron chi connectivity index (χ4n) is 1.30. The van der Waals surface area contributed by atoms with Gasteiger partial charge in [0, 0.05) is 6.04 Å². The van der Waals surface area contributed by atoms with E-state index in [-0.39, 0.29) is 6.04 Å². The summed E-state index contributed by atoms with van der Waals surface area (Å²) in [7, 11) is 0. The molecule has 1 aromatic rings. The lowest BCUT2D eigenvalue weighted by Gasteiger charge is -2.06. The Balaban J connectivity index is 1.79. The van der Waals surface area contributed by atoms with Gasteiger partial charge in [-0.1, -0.05) is 12.8 Å². The summed E-state index contributed by atoms with van der Waals surface area (Å²) in [6.45, 7) is 0. The Bertz CT molecular complexity index is 230. The summed E-state index contributed by atoms with van der Waals surface area (Å²) in [5, 5.41) is 0.